The number of hydrogen-bond donors (Lipinski definition) is 1. The molecule has 0 heterocycles. The van der Waals surface area contributed by atoms with Crippen LogP contribution < -0.4 is 9.47 Å². The molecular formula is C12H10FNO4. The number of ether oxygens (including phenoxy) is 2. The van der Waals surface area contributed by atoms with Gasteiger partial charge in [-0.15, -0.1) is 0 Å². The Balaban J connectivity index is 3.02. The van der Waals surface area contributed by atoms with Crippen LogP contribution in [-0.2, 0) is 4.79 Å². The van der Waals surface area contributed by atoms with Crippen molar-refractivity contribution in [1.29, 1.82) is 5.26 Å². The van der Waals surface area contributed by atoms with Crippen molar-refractivity contribution in [2.45, 2.75) is 0 Å². The zero-order chi connectivity index (χ0) is 13.5. The number of aliphatic carboxylic acids is 1. The number of carbonyl (C=O) groups is 1. The van der Waals surface area contributed by atoms with Crippen LogP contribution in [0.5, 0.6) is 11.5 Å². The van der Waals surface area contributed by atoms with E-state index in [1.54, 1.807) is 6.07 Å². The number of rotatable bonds is 5. The van der Waals surface area contributed by atoms with Crippen LogP contribution in [0.2, 0.25) is 0 Å². The van der Waals surface area contributed by atoms with Gasteiger partial charge in [-0.25, -0.2) is 4.79 Å². The lowest BCUT2D eigenvalue weighted by atomic mass is 10.2. The smallest absolute Gasteiger partial charge is 0.364 e. The van der Waals surface area contributed by atoms with E-state index in [1.807, 2.05) is 0 Å². The van der Waals surface area contributed by atoms with Crippen LogP contribution >= 0.6 is 0 Å². The predicted molar refractivity (Wildman–Crippen MR) is 60.8 cm³/mol. The molecular weight excluding hydrogens is 241 g/mol. The summed E-state index contributed by atoms with van der Waals surface area (Å²) >= 11 is 0. The van der Waals surface area contributed by atoms with Crippen molar-refractivity contribution >= 4 is 12.0 Å². The first-order valence-corrected chi connectivity index (χ1v) is 4.86. The topological polar surface area (TPSA) is 79.6 Å². The van der Waals surface area contributed by atoms with Crippen LogP contribution in [0.1, 0.15) is 5.56 Å². The first kappa shape index (κ1) is 13.5. The van der Waals surface area contributed by atoms with Gasteiger partial charge in [-0.1, -0.05) is 6.07 Å². The summed E-state index contributed by atoms with van der Waals surface area (Å²) in [5, 5.41) is 16.8. The number of nitrogens with zero attached hydrogens (tertiary/aromatic N) is 1. The van der Waals surface area contributed by atoms with Gasteiger partial charge in [-0.2, -0.15) is 9.65 Å². The summed E-state index contributed by atoms with van der Waals surface area (Å²) in [5.41, 5.74) is 0.316. The molecule has 0 fully saturated rings. The van der Waals surface area contributed by atoms with Gasteiger partial charge >= 0.3 is 5.97 Å². The maximum atomic E-state index is 12.9. The summed E-state index contributed by atoms with van der Waals surface area (Å²) in [6.45, 7) is -0.144. The largest absolute Gasteiger partial charge is 0.493 e. The minimum Gasteiger partial charge on any atom is -0.493 e. The van der Waals surface area contributed by atoms with E-state index in [2.05, 4.69) is 0 Å². The van der Waals surface area contributed by atoms with E-state index in [-0.39, 0.29) is 12.4 Å². The fraction of sp³-hybridized carbons (Fsp3) is 0.167. The Morgan fingerprint density at radius 1 is 1.56 bits per heavy atom. The third kappa shape index (κ3) is 3.49. The van der Waals surface area contributed by atoms with Crippen LogP contribution in [0.4, 0.5) is 4.39 Å². The zero-order valence-corrected chi connectivity index (χ0v) is 9.51. The van der Waals surface area contributed by atoms with Crippen molar-refractivity contribution in [1.82, 2.24) is 0 Å². The molecule has 0 amide bonds. The fourth-order valence-electron chi connectivity index (χ4n) is 1.21. The van der Waals surface area contributed by atoms with E-state index in [9.17, 15) is 9.18 Å². The molecule has 0 radical (unpaired) electrons. The lowest BCUT2D eigenvalue weighted by molar-refractivity contribution is -0.134. The van der Waals surface area contributed by atoms with Crippen LogP contribution in [0, 0.1) is 11.3 Å². The highest BCUT2D eigenvalue weighted by atomic mass is 19.1. The molecule has 0 aliphatic carbocycles. The van der Waals surface area contributed by atoms with Gasteiger partial charge in [0.05, 0.1) is 7.11 Å². The van der Waals surface area contributed by atoms with Crippen molar-refractivity contribution < 1.29 is 23.8 Å². The summed E-state index contributed by atoms with van der Waals surface area (Å²) in [6.07, 6.45) is 0.860. The number of hydrogen-bond acceptors (Lipinski definition) is 4. The van der Waals surface area contributed by atoms with E-state index in [0.29, 0.717) is 11.3 Å². The Morgan fingerprint density at radius 3 is 2.83 bits per heavy atom. The molecule has 1 N–H and O–H groups in total. The molecule has 1 aromatic carbocycles. The molecule has 5 nitrogen and oxygen atoms in total. The molecule has 0 spiro atoms. The van der Waals surface area contributed by atoms with Crippen LogP contribution in [0.3, 0.4) is 0 Å². The number of methoxy groups -OCH3 is 1. The van der Waals surface area contributed by atoms with E-state index < -0.39 is 11.8 Å². The predicted octanol–water partition coefficient (Wildman–Crippen LogP) is 1.99. The summed E-state index contributed by atoms with van der Waals surface area (Å²) in [6, 6.07) is 6.14. The van der Waals surface area contributed by atoms with Gasteiger partial charge in [-0.3, -0.25) is 0 Å². The van der Waals surface area contributed by atoms with Crippen LogP contribution in [0.15, 0.2) is 24.0 Å². The van der Waals surface area contributed by atoms with Crippen molar-refractivity contribution in [3.8, 4) is 17.6 Å². The lowest BCUT2D eigenvalue weighted by Gasteiger charge is -2.08. The maximum Gasteiger partial charge on any atom is 0.364 e. The average molecular weight is 251 g/mol. The molecule has 0 aliphatic heterocycles. The highest BCUT2D eigenvalue weighted by Gasteiger charge is 2.08. The zero-order valence-electron chi connectivity index (χ0n) is 9.51. The van der Waals surface area contributed by atoms with Gasteiger partial charge in [0.1, 0.15) is 6.07 Å². The highest BCUT2D eigenvalue weighted by molar-refractivity contribution is 5.89. The van der Waals surface area contributed by atoms with Gasteiger partial charge in [0.25, 0.3) is 0 Å². The van der Waals surface area contributed by atoms with Gasteiger partial charge in [0, 0.05) is 0 Å². The first-order chi connectivity index (χ1) is 8.58. The second-order valence-corrected chi connectivity index (χ2v) is 3.15. The molecule has 6 heteroatoms. The van der Waals surface area contributed by atoms with Crippen LogP contribution in [0.25, 0.3) is 6.08 Å². The summed E-state index contributed by atoms with van der Waals surface area (Å²) in [4.78, 5) is 10.3. The molecule has 18 heavy (non-hydrogen) atoms. The first-order valence-electron chi connectivity index (χ1n) is 4.86. The summed E-state index contributed by atoms with van der Waals surface area (Å²) < 4.78 is 23.0. The number of benzene rings is 1. The Morgan fingerprint density at radius 2 is 2.28 bits per heavy atom. The summed E-state index contributed by atoms with van der Waals surface area (Å²) in [7, 11) is 1.38. The Labute approximate surface area is 103 Å². The van der Waals surface area contributed by atoms with Crippen molar-refractivity contribution in [3.05, 3.63) is 29.6 Å². The molecule has 0 aliphatic rings. The second-order valence-electron chi connectivity index (χ2n) is 3.15. The van der Waals surface area contributed by atoms with Gasteiger partial charge < -0.3 is 14.6 Å². The number of halogens is 1. The van der Waals surface area contributed by atoms with Crippen molar-refractivity contribution in [2.75, 3.05) is 13.7 Å². The molecule has 0 aromatic heterocycles. The molecule has 0 atom stereocenters. The highest BCUT2D eigenvalue weighted by Crippen LogP contribution is 2.28. The van der Waals surface area contributed by atoms with Gasteiger partial charge in [0.2, 0.25) is 5.83 Å². The quantitative estimate of drug-likeness (QED) is 0.809. The molecule has 0 bridgehead atoms. The molecule has 0 saturated heterocycles. The maximum absolute atomic E-state index is 12.9. The fourth-order valence-corrected chi connectivity index (χ4v) is 1.21. The lowest BCUT2D eigenvalue weighted by Crippen LogP contribution is -1.97. The van der Waals surface area contributed by atoms with Crippen molar-refractivity contribution in [2.24, 2.45) is 0 Å². The molecule has 0 saturated carbocycles. The van der Waals surface area contributed by atoms with E-state index in [0.717, 1.165) is 6.08 Å². The van der Waals surface area contributed by atoms with E-state index >= 15 is 0 Å². The standard InChI is InChI=1S/C12H10FNO4/c1-17-11-7-8(6-9(13)12(15)16)2-3-10(11)18-5-4-14/h2-3,6-7H,5H2,1H3,(H,15,16). The SMILES string of the molecule is COc1cc(C=C(F)C(=O)O)ccc1OCC#N. The number of nitriles is 1. The number of carboxylic acid groups (broad SMARTS) is 1. The second kappa shape index (κ2) is 6.25. The average Bonchev–Trinajstić information content (AvgIpc) is 2.36. The number of carboxylic acids is 1. The van der Waals surface area contributed by atoms with Crippen molar-refractivity contribution in [3.63, 3.8) is 0 Å². The minimum absolute atomic E-state index is 0.144. The Hall–Kier alpha value is -2.55. The van der Waals surface area contributed by atoms with Gasteiger partial charge in [-0.05, 0) is 23.8 Å². The third-order valence-corrected chi connectivity index (χ3v) is 1.98. The molecule has 94 valence electrons. The van der Waals surface area contributed by atoms with E-state index in [1.165, 1.54) is 25.3 Å². The normalized spacial score (nSPS) is 10.6. The van der Waals surface area contributed by atoms with Gasteiger partial charge in [0.15, 0.2) is 18.1 Å². The Kier molecular flexibility index (Phi) is 4.69. The van der Waals surface area contributed by atoms with E-state index in [4.69, 9.17) is 19.8 Å². The Bertz CT molecular complexity index is 519. The monoisotopic (exact) mass is 251 g/mol. The third-order valence-electron chi connectivity index (χ3n) is 1.98. The molecule has 1 aromatic rings. The van der Waals surface area contributed by atoms with Crippen LogP contribution in [-0.4, -0.2) is 24.8 Å². The summed E-state index contributed by atoms with van der Waals surface area (Å²) in [5.74, 6) is -2.30. The molecule has 1 rings (SSSR count). The molecule has 0 unspecified atom stereocenters. The minimum atomic E-state index is -1.64.